The highest BCUT2D eigenvalue weighted by molar-refractivity contribution is 6.74. The summed E-state index contributed by atoms with van der Waals surface area (Å²) in [5, 5.41) is 9.37. The van der Waals surface area contributed by atoms with Crippen molar-refractivity contribution in [3.05, 3.63) is 10.1 Å². The second-order valence-corrected chi connectivity index (χ2v) is 11.7. The van der Waals surface area contributed by atoms with E-state index in [0.717, 1.165) is 0 Å². The molecule has 0 aliphatic carbocycles. The molecule has 0 saturated heterocycles. The maximum Gasteiger partial charge on any atom is 0.317 e. The lowest BCUT2D eigenvalue weighted by Gasteiger charge is -2.38. The Morgan fingerprint density at radius 3 is 2.14 bits per heavy atom. The van der Waals surface area contributed by atoms with Gasteiger partial charge in [-0.1, -0.05) is 32.4 Å². The van der Waals surface area contributed by atoms with Gasteiger partial charge in [-0.3, -0.25) is 4.79 Å². The zero-order valence-electron chi connectivity index (χ0n) is 13.4. The van der Waals surface area contributed by atoms with Crippen molar-refractivity contribution in [3.8, 4) is 0 Å². The quantitative estimate of drug-likeness (QED) is 0.222. The third-order valence-electron chi connectivity index (χ3n) is 3.72. The van der Waals surface area contributed by atoms with E-state index < -0.39 is 31.4 Å². The molecule has 0 N–H and O–H groups in total. The highest BCUT2D eigenvalue weighted by Gasteiger charge is 2.43. The molecular formula is C12H24ClNO6Si. The normalized spacial score (nSPS) is 15.2. The minimum absolute atomic E-state index is 0.0208. The molecule has 0 bridgehead atoms. The molecule has 0 aromatic rings. The molecule has 0 rings (SSSR count). The van der Waals surface area contributed by atoms with E-state index in [-0.39, 0.29) is 17.7 Å². The van der Waals surface area contributed by atoms with E-state index in [4.69, 9.17) is 20.8 Å². The molecule has 0 aliphatic rings. The fraction of sp³-hybridized carbons (Fsp3) is 0.917. The van der Waals surface area contributed by atoms with Crippen LogP contribution in [0.15, 0.2) is 0 Å². The predicted molar refractivity (Wildman–Crippen MR) is 81.0 cm³/mol. The Hall–Kier alpha value is -0.863. The summed E-state index contributed by atoms with van der Waals surface area (Å²) in [7, 11) is -2.11. The van der Waals surface area contributed by atoms with Gasteiger partial charge in [-0.2, -0.15) is 0 Å². The van der Waals surface area contributed by atoms with Crippen LogP contribution in [0.1, 0.15) is 27.7 Å². The summed E-state index contributed by atoms with van der Waals surface area (Å²) in [6.07, 6.45) is 0. The van der Waals surface area contributed by atoms with E-state index in [2.05, 4.69) is 25.6 Å². The Bertz CT molecular complexity index is 384. The van der Waals surface area contributed by atoms with Crippen molar-refractivity contribution in [1.29, 1.82) is 0 Å². The van der Waals surface area contributed by atoms with E-state index in [9.17, 15) is 14.9 Å². The molecule has 1 atom stereocenters. The van der Waals surface area contributed by atoms with Crippen LogP contribution in [0.5, 0.6) is 0 Å². The smallest absolute Gasteiger partial charge is 0.317 e. The third kappa shape index (κ3) is 6.19. The Morgan fingerprint density at radius 1 is 1.24 bits per heavy atom. The molecular weight excluding hydrogens is 318 g/mol. The summed E-state index contributed by atoms with van der Waals surface area (Å²) >= 11 is 5.38. The van der Waals surface area contributed by atoms with Crippen LogP contribution in [-0.2, 0) is 18.8 Å². The first-order valence-corrected chi connectivity index (χ1v) is 9.94. The Kier molecular flexibility index (Phi) is 7.11. The lowest BCUT2D eigenvalue weighted by atomic mass is 9.93. The van der Waals surface area contributed by atoms with Crippen molar-refractivity contribution >= 4 is 25.9 Å². The van der Waals surface area contributed by atoms with Gasteiger partial charge in [0.2, 0.25) is 0 Å². The fourth-order valence-electron chi connectivity index (χ4n) is 1.13. The highest BCUT2D eigenvalue weighted by Crippen LogP contribution is 2.37. The van der Waals surface area contributed by atoms with Gasteiger partial charge in [0.25, 0.3) is 5.09 Å². The van der Waals surface area contributed by atoms with Crippen molar-refractivity contribution in [3.63, 3.8) is 0 Å². The topological polar surface area (TPSA) is 87.9 Å². The SMILES string of the molecule is CC(CO[N+](=O)[O-])(CO[Si](C)(C)C(C)(C)C)C(=O)OCCl. The largest absolute Gasteiger partial charge is 0.449 e. The van der Waals surface area contributed by atoms with Gasteiger partial charge in [0.05, 0.1) is 6.61 Å². The molecule has 0 amide bonds. The molecule has 0 aliphatic heterocycles. The molecule has 0 spiro atoms. The highest BCUT2D eigenvalue weighted by atomic mass is 35.5. The lowest BCUT2D eigenvalue weighted by molar-refractivity contribution is -0.760. The standard InChI is InChI=1S/C12H24ClNO6Si/c1-11(2,3)21(5,6)20-8-12(4,7-19-14(16)17)10(15)18-9-13/h7-9H2,1-6H3. The van der Waals surface area contributed by atoms with Gasteiger partial charge < -0.3 is 14.0 Å². The Morgan fingerprint density at radius 2 is 1.76 bits per heavy atom. The molecule has 1 unspecified atom stereocenters. The zero-order chi connectivity index (χ0) is 16.9. The first-order chi connectivity index (χ1) is 9.35. The number of ether oxygens (including phenoxy) is 1. The number of carbonyl (C=O) groups is 1. The summed E-state index contributed by atoms with van der Waals surface area (Å²) in [5.41, 5.74) is -1.28. The molecule has 0 heterocycles. The lowest BCUT2D eigenvalue weighted by Crippen LogP contribution is -2.47. The van der Waals surface area contributed by atoms with E-state index in [1.165, 1.54) is 6.92 Å². The molecule has 0 radical (unpaired) electrons. The molecule has 9 heteroatoms. The molecule has 124 valence electrons. The van der Waals surface area contributed by atoms with Crippen LogP contribution >= 0.6 is 11.6 Å². The third-order valence-corrected chi connectivity index (χ3v) is 8.31. The maximum atomic E-state index is 12.0. The van der Waals surface area contributed by atoms with Gasteiger partial charge in [-0.15, -0.1) is 10.1 Å². The van der Waals surface area contributed by atoms with E-state index in [1.54, 1.807) is 0 Å². The van der Waals surface area contributed by atoms with Crippen LogP contribution < -0.4 is 0 Å². The Labute approximate surface area is 131 Å². The average molecular weight is 342 g/mol. The van der Waals surface area contributed by atoms with Crippen molar-refractivity contribution in [2.45, 2.75) is 45.8 Å². The summed E-state index contributed by atoms with van der Waals surface area (Å²) in [4.78, 5) is 26.7. The van der Waals surface area contributed by atoms with Gasteiger partial charge in [-0.05, 0) is 25.1 Å². The maximum absolute atomic E-state index is 12.0. The van der Waals surface area contributed by atoms with Gasteiger partial charge >= 0.3 is 5.97 Å². The molecule has 0 fully saturated rings. The number of hydrogen-bond donors (Lipinski definition) is 0. The van der Waals surface area contributed by atoms with Crippen LogP contribution in [0.3, 0.4) is 0 Å². The zero-order valence-corrected chi connectivity index (χ0v) is 15.2. The fourth-order valence-corrected chi connectivity index (χ4v) is 2.35. The van der Waals surface area contributed by atoms with Crippen LogP contribution in [0.2, 0.25) is 18.1 Å². The van der Waals surface area contributed by atoms with Crippen molar-refractivity contribution in [2.24, 2.45) is 5.41 Å². The summed E-state index contributed by atoms with van der Waals surface area (Å²) in [6.45, 7) is 11.3. The second kappa shape index (κ2) is 7.41. The first-order valence-electron chi connectivity index (χ1n) is 6.50. The number of alkyl halides is 1. The minimum Gasteiger partial charge on any atom is -0.449 e. The van der Waals surface area contributed by atoms with Crippen LogP contribution in [0.25, 0.3) is 0 Å². The number of nitrogens with zero attached hydrogens (tertiary/aromatic N) is 1. The number of rotatable bonds is 8. The van der Waals surface area contributed by atoms with Gasteiger partial charge in [-0.25, -0.2) is 0 Å². The van der Waals surface area contributed by atoms with Crippen LogP contribution in [-0.4, -0.2) is 38.7 Å². The van der Waals surface area contributed by atoms with Gasteiger partial charge in [0.1, 0.15) is 12.0 Å². The van der Waals surface area contributed by atoms with E-state index in [1.807, 2.05) is 13.1 Å². The Balaban J connectivity index is 4.99. The second-order valence-electron chi connectivity index (χ2n) is 6.65. The van der Waals surface area contributed by atoms with Crippen molar-refractivity contribution in [1.82, 2.24) is 0 Å². The number of carbonyl (C=O) groups excluding carboxylic acids is 1. The summed E-state index contributed by atoms with van der Waals surface area (Å²) in [5.74, 6) is -0.682. The minimum atomic E-state index is -2.11. The molecule has 0 aromatic carbocycles. The van der Waals surface area contributed by atoms with Crippen molar-refractivity contribution in [2.75, 3.05) is 19.3 Å². The van der Waals surface area contributed by atoms with E-state index >= 15 is 0 Å². The van der Waals surface area contributed by atoms with E-state index in [0.29, 0.717) is 0 Å². The van der Waals surface area contributed by atoms with Crippen LogP contribution in [0.4, 0.5) is 0 Å². The molecule has 0 saturated carbocycles. The predicted octanol–water partition coefficient (Wildman–Crippen LogP) is 2.96. The molecule has 7 nitrogen and oxygen atoms in total. The van der Waals surface area contributed by atoms with Crippen molar-refractivity contribution < 1.29 is 23.9 Å². The molecule has 0 aromatic heterocycles. The average Bonchev–Trinajstić information content (AvgIpc) is 2.33. The summed E-state index contributed by atoms with van der Waals surface area (Å²) in [6, 6.07) is -0.326. The van der Waals surface area contributed by atoms with Crippen LogP contribution in [0, 0.1) is 15.5 Å². The van der Waals surface area contributed by atoms with Gasteiger partial charge in [0, 0.05) is 0 Å². The molecule has 21 heavy (non-hydrogen) atoms. The monoisotopic (exact) mass is 341 g/mol. The number of hydrogen-bond acceptors (Lipinski definition) is 6. The number of esters is 1. The van der Waals surface area contributed by atoms with Gasteiger partial charge in [0.15, 0.2) is 14.4 Å². The number of halogens is 1. The first kappa shape index (κ1) is 20.1. The summed E-state index contributed by atoms with van der Waals surface area (Å²) < 4.78 is 10.7.